The molecule has 0 spiro atoms. The Labute approximate surface area is 99.6 Å². The monoisotopic (exact) mass is 221 g/mol. The average Bonchev–Trinajstić information content (AvgIpc) is 2.94. The molecule has 1 aromatic carbocycles. The molecule has 0 aliphatic heterocycles. The molecule has 3 heteroatoms. The number of benzene rings is 1. The van der Waals surface area contributed by atoms with Gasteiger partial charge in [0.15, 0.2) is 5.69 Å². The van der Waals surface area contributed by atoms with Crippen LogP contribution in [0.25, 0.3) is 6.08 Å². The summed E-state index contributed by atoms with van der Waals surface area (Å²) in [7, 11) is 0. The van der Waals surface area contributed by atoms with Crippen LogP contribution in [0.3, 0.4) is 0 Å². The zero-order chi connectivity index (χ0) is 11.7. The molecule has 0 fully saturated rings. The molecule has 0 saturated carbocycles. The van der Waals surface area contributed by atoms with Gasteiger partial charge in [0.2, 0.25) is 0 Å². The molecule has 0 atom stereocenters. The Morgan fingerprint density at radius 2 is 2.12 bits per heavy atom. The smallest absolute Gasteiger partial charge is 0.166 e. The maximum atomic E-state index is 9.03. The molecular formula is C14H11N3. The van der Waals surface area contributed by atoms with Crippen LogP contribution in [-0.2, 0) is 13.0 Å². The fourth-order valence-electron chi connectivity index (χ4n) is 2.16. The van der Waals surface area contributed by atoms with Crippen molar-refractivity contribution in [1.29, 1.82) is 5.26 Å². The number of fused-ring (bicyclic) bond motifs is 1. The highest BCUT2D eigenvalue weighted by molar-refractivity contribution is 5.60. The lowest BCUT2D eigenvalue weighted by molar-refractivity contribution is 0.677. The number of hydrogen-bond acceptors (Lipinski definition) is 2. The van der Waals surface area contributed by atoms with Crippen LogP contribution in [0, 0.1) is 11.3 Å². The maximum Gasteiger partial charge on any atom is 0.166 e. The lowest BCUT2D eigenvalue weighted by Gasteiger charge is -2.03. The van der Waals surface area contributed by atoms with Gasteiger partial charge < -0.3 is 0 Å². The van der Waals surface area contributed by atoms with E-state index in [0.717, 1.165) is 24.2 Å². The Morgan fingerprint density at radius 1 is 1.29 bits per heavy atom. The Kier molecular flexibility index (Phi) is 2.27. The predicted octanol–water partition coefficient (Wildman–Crippen LogP) is 2.37. The van der Waals surface area contributed by atoms with Crippen LogP contribution in [0.5, 0.6) is 0 Å². The normalized spacial score (nSPS) is 12.4. The van der Waals surface area contributed by atoms with Crippen LogP contribution in [0.2, 0.25) is 0 Å². The van der Waals surface area contributed by atoms with Gasteiger partial charge in [-0.15, -0.1) is 0 Å². The van der Waals surface area contributed by atoms with Crippen molar-refractivity contribution in [3.05, 3.63) is 58.9 Å². The summed E-state index contributed by atoms with van der Waals surface area (Å²) in [4.78, 5) is 0. The first-order chi connectivity index (χ1) is 8.38. The molecule has 2 aromatic rings. The van der Waals surface area contributed by atoms with E-state index >= 15 is 0 Å². The summed E-state index contributed by atoms with van der Waals surface area (Å²) in [6.45, 7) is 0.717. The van der Waals surface area contributed by atoms with Gasteiger partial charge in [0.05, 0.1) is 12.2 Å². The third kappa shape index (κ3) is 1.64. The van der Waals surface area contributed by atoms with Gasteiger partial charge in [-0.05, 0) is 18.1 Å². The predicted molar refractivity (Wildman–Crippen MR) is 65.2 cm³/mol. The minimum Gasteiger partial charge on any atom is -0.259 e. The number of nitriles is 1. The fraction of sp³-hybridized carbons (Fsp3) is 0.143. The first-order valence-corrected chi connectivity index (χ1v) is 5.59. The molecule has 0 saturated heterocycles. The Hall–Kier alpha value is -2.34. The van der Waals surface area contributed by atoms with E-state index in [1.54, 1.807) is 0 Å². The summed E-state index contributed by atoms with van der Waals surface area (Å²) in [6.07, 6.45) is 4.95. The molecule has 0 unspecified atom stereocenters. The van der Waals surface area contributed by atoms with E-state index in [1.807, 2.05) is 29.0 Å². The van der Waals surface area contributed by atoms with Gasteiger partial charge >= 0.3 is 0 Å². The minimum absolute atomic E-state index is 0.556. The van der Waals surface area contributed by atoms with Crippen molar-refractivity contribution in [2.45, 2.75) is 13.0 Å². The number of rotatable bonds is 2. The molecule has 3 rings (SSSR count). The van der Waals surface area contributed by atoms with Gasteiger partial charge in [-0.1, -0.05) is 36.4 Å². The van der Waals surface area contributed by atoms with Crippen LogP contribution in [0.4, 0.5) is 0 Å². The number of hydrogen-bond donors (Lipinski definition) is 0. The number of aromatic nitrogens is 2. The first-order valence-electron chi connectivity index (χ1n) is 5.59. The van der Waals surface area contributed by atoms with Crippen molar-refractivity contribution in [2.75, 3.05) is 0 Å². The van der Waals surface area contributed by atoms with E-state index in [4.69, 9.17) is 5.26 Å². The number of allylic oxidation sites excluding steroid dienone is 1. The van der Waals surface area contributed by atoms with Crippen LogP contribution in [0.15, 0.2) is 36.4 Å². The van der Waals surface area contributed by atoms with Crippen molar-refractivity contribution in [3.63, 3.8) is 0 Å². The molecule has 1 aliphatic rings. The van der Waals surface area contributed by atoms with Crippen molar-refractivity contribution in [3.8, 4) is 6.07 Å². The van der Waals surface area contributed by atoms with Gasteiger partial charge in [0.25, 0.3) is 0 Å². The molecule has 1 heterocycles. The van der Waals surface area contributed by atoms with E-state index in [0.29, 0.717) is 5.69 Å². The highest BCUT2D eigenvalue weighted by atomic mass is 15.3. The summed E-state index contributed by atoms with van der Waals surface area (Å²) in [5.41, 5.74) is 3.89. The molecule has 0 N–H and O–H groups in total. The van der Waals surface area contributed by atoms with E-state index in [1.165, 1.54) is 5.56 Å². The standard InChI is InChI=1S/C14H11N3/c15-9-13-12-7-4-8-14(12)17(16-13)10-11-5-2-1-3-6-11/h1-6,8H,7,10H2. The first kappa shape index (κ1) is 9.86. The van der Waals surface area contributed by atoms with E-state index in [2.05, 4.69) is 29.4 Å². The Morgan fingerprint density at radius 3 is 2.88 bits per heavy atom. The van der Waals surface area contributed by atoms with Crippen molar-refractivity contribution in [1.82, 2.24) is 9.78 Å². The molecule has 17 heavy (non-hydrogen) atoms. The van der Waals surface area contributed by atoms with Crippen molar-refractivity contribution < 1.29 is 0 Å². The highest BCUT2D eigenvalue weighted by Gasteiger charge is 2.18. The highest BCUT2D eigenvalue weighted by Crippen LogP contribution is 2.23. The summed E-state index contributed by atoms with van der Waals surface area (Å²) < 4.78 is 1.91. The lowest BCUT2D eigenvalue weighted by atomic mass is 10.2. The quantitative estimate of drug-likeness (QED) is 0.781. The Balaban J connectivity index is 2.00. The van der Waals surface area contributed by atoms with Gasteiger partial charge in [-0.3, -0.25) is 4.68 Å². The molecule has 1 aliphatic carbocycles. The Bertz CT molecular complexity index is 615. The summed E-state index contributed by atoms with van der Waals surface area (Å²) in [6, 6.07) is 12.3. The second-order valence-electron chi connectivity index (χ2n) is 4.07. The zero-order valence-electron chi connectivity index (χ0n) is 9.30. The third-order valence-corrected chi connectivity index (χ3v) is 2.97. The molecule has 0 bridgehead atoms. The molecule has 82 valence electrons. The van der Waals surface area contributed by atoms with Crippen molar-refractivity contribution in [2.24, 2.45) is 0 Å². The maximum absolute atomic E-state index is 9.03. The fourth-order valence-corrected chi connectivity index (χ4v) is 2.16. The topological polar surface area (TPSA) is 41.6 Å². The molecule has 1 aromatic heterocycles. The summed E-state index contributed by atoms with van der Waals surface area (Å²) >= 11 is 0. The van der Waals surface area contributed by atoms with Gasteiger partial charge in [-0.2, -0.15) is 10.4 Å². The minimum atomic E-state index is 0.556. The van der Waals surface area contributed by atoms with Gasteiger partial charge in [-0.25, -0.2) is 0 Å². The third-order valence-electron chi connectivity index (χ3n) is 2.97. The van der Waals surface area contributed by atoms with E-state index < -0.39 is 0 Å². The molecule has 3 nitrogen and oxygen atoms in total. The summed E-state index contributed by atoms with van der Waals surface area (Å²) in [5.74, 6) is 0. The SMILES string of the molecule is N#Cc1nn(Cc2ccccc2)c2c1CC=C2. The van der Waals surface area contributed by atoms with Gasteiger partial charge in [0.1, 0.15) is 6.07 Å². The largest absolute Gasteiger partial charge is 0.259 e. The molecule has 0 radical (unpaired) electrons. The van der Waals surface area contributed by atoms with Crippen LogP contribution in [-0.4, -0.2) is 9.78 Å². The molecule has 0 amide bonds. The summed E-state index contributed by atoms with van der Waals surface area (Å²) in [5, 5.41) is 13.4. The molecular weight excluding hydrogens is 210 g/mol. The van der Waals surface area contributed by atoms with Crippen molar-refractivity contribution >= 4 is 6.08 Å². The lowest BCUT2D eigenvalue weighted by Crippen LogP contribution is -2.03. The van der Waals surface area contributed by atoms with E-state index in [-0.39, 0.29) is 0 Å². The van der Waals surface area contributed by atoms with Gasteiger partial charge in [0, 0.05) is 5.56 Å². The number of nitrogens with zero attached hydrogens (tertiary/aromatic N) is 3. The van der Waals surface area contributed by atoms with Crippen LogP contribution >= 0.6 is 0 Å². The van der Waals surface area contributed by atoms with Crippen LogP contribution < -0.4 is 0 Å². The average molecular weight is 221 g/mol. The van der Waals surface area contributed by atoms with E-state index in [9.17, 15) is 0 Å². The zero-order valence-corrected chi connectivity index (χ0v) is 9.30. The second-order valence-corrected chi connectivity index (χ2v) is 4.07. The second kappa shape index (κ2) is 3.91. The van der Waals surface area contributed by atoms with Crippen LogP contribution in [0.1, 0.15) is 22.5 Å².